The first-order valence-electron chi connectivity index (χ1n) is 6.44. The van der Waals surface area contributed by atoms with Crippen LogP contribution in [-0.4, -0.2) is 42.9 Å². The minimum Gasteiger partial charge on any atom is -0.444 e. The highest BCUT2D eigenvalue weighted by Crippen LogP contribution is 2.17. The van der Waals surface area contributed by atoms with Gasteiger partial charge in [-0.15, -0.1) is 0 Å². The number of carbonyl (C=O) groups is 1. The predicted molar refractivity (Wildman–Crippen MR) is 67.1 cm³/mol. The molecule has 1 unspecified atom stereocenters. The Balaban J connectivity index is 2.02. The molecule has 1 fully saturated rings. The lowest BCUT2D eigenvalue weighted by Crippen LogP contribution is -2.34. The Hall–Kier alpha value is -0.770. The van der Waals surface area contributed by atoms with E-state index in [4.69, 9.17) is 9.47 Å². The summed E-state index contributed by atoms with van der Waals surface area (Å²) in [4.78, 5) is 13.3. The van der Waals surface area contributed by atoms with Crippen molar-refractivity contribution in [2.75, 3.05) is 20.2 Å². The van der Waals surface area contributed by atoms with Gasteiger partial charge in [0.05, 0.1) is 12.7 Å². The molecular weight excluding hydrogens is 218 g/mol. The Morgan fingerprint density at radius 3 is 2.53 bits per heavy atom. The molecule has 17 heavy (non-hydrogen) atoms. The van der Waals surface area contributed by atoms with Crippen molar-refractivity contribution in [3.05, 3.63) is 0 Å². The van der Waals surface area contributed by atoms with E-state index in [2.05, 4.69) is 0 Å². The van der Waals surface area contributed by atoms with Crippen LogP contribution >= 0.6 is 0 Å². The topological polar surface area (TPSA) is 42.1 Å². The molecule has 0 saturated carbocycles. The van der Waals surface area contributed by atoms with Crippen molar-refractivity contribution < 1.29 is 14.3 Å². The highest BCUT2D eigenvalue weighted by molar-refractivity contribution is 5.67. The van der Waals surface area contributed by atoms with Crippen molar-refractivity contribution in [2.24, 2.45) is 0 Å². The van der Waals surface area contributed by atoms with Gasteiger partial charge in [0.15, 0.2) is 0 Å². The molecule has 1 saturated heterocycles. The summed E-state index contributed by atoms with van der Waals surface area (Å²) in [5.41, 5.74) is -0.408. The lowest BCUT2D eigenvalue weighted by molar-refractivity contribution is 0.0296. The predicted octanol–water partition coefficient (Wildman–Crippen LogP) is 2.81. The molecule has 1 aliphatic rings. The quantitative estimate of drug-likeness (QED) is 0.532. The van der Waals surface area contributed by atoms with Gasteiger partial charge in [0.1, 0.15) is 5.60 Å². The summed E-state index contributed by atoms with van der Waals surface area (Å²) in [6.45, 7) is 7.36. The Morgan fingerprint density at radius 2 is 2.00 bits per heavy atom. The molecule has 0 aromatic rings. The van der Waals surface area contributed by atoms with E-state index in [-0.39, 0.29) is 6.09 Å². The average molecular weight is 243 g/mol. The van der Waals surface area contributed by atoms with E-state index in [1.807, 2.05) is 20.8 Å². The number of epoxide rings is 1. The molecule has 1 amide bonds. The number of unbranched alkanes of at least 4 members (excludes halogenated alkanes) is 2. The number of hydrogen-bond donors (Lipinski definition) is 0. The molecule has 1 aliphatic heterocycles. The van der Waals surface area contributed by atoms with Crippen LogP contribution in [0.2, 0.25) is 0 Å². The Kier molecular flexibility index (Phi) is 5.25. The zero-order chi connectivity index (χ0) is 12.9. The van der Waals surface area contributed by atoms with Crippen LogP contribution in [-0.2, 0) is 9.47 Å². The van der Waals surface area contributed by atoms with Crippen LogP contribution in [0.5, 0.6) is 0 Å². The maximum Gasteiger partial charge on any atom is 0.410 e. The smallest absolute Gasteiger partial charge is 0.410 e. The summed E-state index contributed by atoms with van der Waals surface area (Å²) < 4.78 is 10.4. The van der Waals surface area contributed by atoms with Crippen LogP contribution < -0.4 is 0 Å². The third-order valence-electron chi connectivity index (χ3n) is 2.63. The fraction of sp³-hybridized carbons (Fsp3) is 0.923. The number of amides is 1. The van der Waals surface area contributed by atoms with Crippen molar-refractivity contribution in [3.63, 3.8) is 0 Å². The van der Waals surface area contributed by atoms with Crippen LogP contribution in [0.3, 0.4) is 0 Å². The first-order chi connectivity index (χ1) is 7.88. The fourth-order valence-electron chi connectivity index (χ4n) is 1.56. The van der Waals surface area contributed by atoms with Gasteiger partial charge in [0.2, 0.25) is 0 Å². The van der Waals surface area contributed by atoms with Crippen molar-refractivity contribution in [1.29, 1.82) is 0 Å². The standard InChI is InChI=1S/C13H25NO3/c1-13(2,3)17-12(15)14(4)9-7-5-6-8-11-10-16-11/h11H,5-10H2,1-4H3. The molecule has 0 bridgehead atoms. The second kappa shape index (κ2) is 6.24. The van der Waals surface area contributed by atoms with E-state index >= 15 is 0 Å². The van der Waals surface area contributed by atoms with Crippen molar-refractivity contribution in [3.8, 4) is 0 Å². The van der Waals surface area contributed by atoms with E-state index < -0.39 is 5.60 Å². The van der Waals surface area contributed by atoms with Gasteiger partial charge >= 0.3 is 6.09 Å². The molecule has 1 atom stereocenters. The van der Waals surface area contributed by atoms with Crippen LogP contribution in [0.1, 0.15) is 46.5 Å². The second-order valence-corrected chi connectivity index (χ2v) is 5.71. The second-order valence-electron chi connectivity index (χ2n) is 5.71. The zero-order valence-electron chi connectivity index (χ0n) is 11.5. The summed E-state index contributed by atoms with van der Waals surface area (Å²) in [5, 5.41) is 0. The molecule has 0 aromatic carbocycles. The van der Waals surface area contributed by atoms with Crippen LogP contribution in [0.4, 0.5) is 4.79 Å². The van der Waals surface area contributed by atoms with Gasteiger partial charge in [0, 0.05) is 13.6 Å². The Bertz CT molecular complexity index is 244. The molecule has 1 rings (SSSR count). The van der Waals surface area contributed by atoms with Crippen molar-refractivity contribution in [1.82, 2.24) is 4.90 Å². The van der Waals surface area contributed by atoms with Gasteiger partial charge in [-0.1, -0.05) is 12.8 Å². The SMILES string of the molecule is CN(CCCCCC1CO1)C(=O)OC(C)(C)C. The summed E-state index contributed by atoms with van der Waals surface area (Å²) in [6, 6.07) is 0. The van der Waals surface area contributed by atoms with E-state index in [9.17, 15) is 4.79 Å². The fourth-order valence-corrected chi connectivity index (χ4v) is 1.56. The van der Waals surface area contributed by atoms with Crippen molar-refractivity contribution >= 4 is 6.09 Å². The molecule has 4 nitrogen and oxygen atoms in total. The monoisotopic (exact) mass is 243 g/mol. The van der Waals surface area contributed by atoms with Crippen LogP contribution in [0.15, 0.2) is 0 Å². The minimum atomic E-state index is -0.408. The zero-order valence-corrected chi connectivity index (χ0v) is 11.5. The molecule has 0 aromatic heterocycles. The van der Waals surface area contributed by atoms with Gasteiger partial charge in [-0.05, 0) is 33.6 Å². The normalized spacial score (nSPS) is 18.9. The largest absolute Gasteiger partial charge is 0.444 e. The third-order valence-corrected chi connectivity index (χ3v) is 2.63. The molecule has 0 N–H and O–H groups in total. The van der Waals surface area contributed by atoms with Crippen LogP contribution in [0.25, 0.3) is 0 Å². The first kappa shape index (κ1) is 14.3. The Labute approximate surface area is 104 Å². The number of hydrogen-bond acceptors (Lipinski definition) is 3. The molecule has 1 heterocycles. The third kappa shape index (κ3) is 7.21. The number of carbonyl (C=O) groups excluding carboxylic acids is 1. The van der Waals surface area contributed by atoms with E-state index in [0.717, 1.165) is 32.4 Å². The lowest BCUT2D eigenvalue weighted by Gasteiger charge is -2.24. The number of ether oxygens (including phenoxy) is 2. The maximum atomic E-state index is 11.6. The van der Waals surface area contributed by atoms with E-state index in [0.29, 0.717) is 6.10 Å². The summed E-state index contributed by atoms with van der Waals surface area (Å²) in [7, 11) is 1.79. The molecule has 0 radical (unpaired) electrons. The van der Waals surface area contributed by atoms with Gasteiger partial charge < -0.3 is 14.4 Å². The van der Waals surface area contributed by atoms with Gasteiger partial charge in [-0.2, -0.15) is 0 Å². The number of nitrogens with zero attached hydrogens (tertiary/aromatic N) is 1. The number of rotatable bonds is 6. The summed E-state index contributed by atoms with van der Waals surface area (Å²) >= 11 is 0. The first-order valence-corrected chi connectivity index (χ1v) is 6.44. The average Bonchev–Trinajstić information content (AvgIpc) is 2.98. The highest BCUT2D eigenvalue weighted by atomic mass is 16.6. The highest BCUT2D eigenvalue weighted by Gasteiger charge is 2.21. The molecule has 0 aliphatic carbocycles. The van der Waals surface area contributed by atoms with Crippen LogP contribution in [0, 0.1) is 0 Å². The van der Waals surface area contributed by atoms with E-state index in [1.165, 1.54) is 6.42 Å². The minimum absolute atomic E-state index is 0.233. The molecule has 100 valence electrons. The molecule has 0 spiro atoms. The van der Waals surface area contributed by atoms with E-state index in [1.54, 1.807) is 11.9 Å². The van der Waals surface area contributed by atoms with Gasteiger partial charge in [-0.3, -0.25) is 0 Å². The lowest BCUT2D eigenvalue weighted by atomic mass is 10.1. The summed E-state index contributed by atoms with van der Waals surface area (Å²) in [6.07, 6.45) is 4.82. The van der Waals surface area contributed by atoms with Gasteiger partial charge in [0.25, 0.3) is 0 Å². The molecular formula is C13H25NO3. The maximum absolute atomic E-state index is 11.6. The van der Waals surface area contributed by atoms with Gasteiger partial charge in [-0.25, -0.2) is 4.79 Å². The van der Waals surface area contributed by atoms with Crippen molar-refractivity contribution in [2.45, 2.75) is 58.2 Å². The molecule has 4 heteroatoms. The Morgan fingerprint density at radius 1 is 1.35 bits per heavy atom. The summed E-state index contributed by atoms with van der Waals surface area (Å²) in [5.74, 6) is 0.